The van der Waals surface area contributed by atoms with Crippen molar-refractivity contribution < 1.29 is 9.18 Å². The van der Waals surface area contributed by atoms with Crippen LogP contribution in [-0.4, -0.2) is 15.7 Å². The van der Waals surface area contributed by atoms with Gasteiger partial charge in [0.1, 0.15) is 17.7 Å². The highest BCUT2D eigenvalue weighted by atomic mass is 19.1. The van der Waals surface area contributed by atoms with Crippen molar-refractivity contribution in [3.8, 4) is 0 Å². The van der Waals surface area contributed by atoms with Gasteiger partial charge in [0, 0.05) is 25.0 Å². The summed E-state index contributed by atoms with van der Waals surface area (Å²) in [6, 6.07) is 16.2. The van der Waals surface area contributed by atoms with Gasteiger partial charge in [-0.2, -0.15) is 5.10 Å². The van der Waals surface area contributed by atoms with E-state index in [0.29, 0.717) is 11.5 Å². The summed E-state index contributed by atoms with van der Waals surface area (Å²) in [5, 5.41) is 10.2. The van der Waals surface area contributed by atoms with Gasteiger partial charge in [-0.05, 0) is 29.8 Å². The van der Waals surface area contributed by atoms with Crippen LogP contribution in [-0.2, 0) is 11.8 Å². The Bertz CT molecular complexity index is 815. The first-order valence-electron chi connectivity index (χ1n) is 7.49. The number of aryl methyl sites for hydroxylation is 1. The van der Waals surface area contributed by atoms with Crippen LogP contribution < -0.4 is 10.6 Å². The molecule has 0 bridgehead atoms. The van der Waals surface area contributed by atoms with Crippen molar-refractivity contribution in [2.24, 2.45) is 7.05 Å². The molecule has 0 aliphatic rings. The minimum Gasteiger partial charge on any atom is -0.353 e. The van der Waals surface area contributed by atoms with Crippen LogP contribution >= 0.6 is 0 Å². The largest absolute Gasteiger partial charge is 0.353 e. The number of carbonyl (C=O) groups excluding carboxylic acids is 1. The van der Waals surface area contributed by atoms with Gasteiger partial charge in [0.2, 0.25) is 0 Å². The lowest BCUT2D eigenvalue weighted by atomic mass is 10.1. The van der Waals surface area contributed by atoms with Gasteiger partial charge < -0.3 is 10.6 Å². The van der Waals surface area contributed by atoms with E-state index in [1.807, 2.05) is 30.3 Å². The third kappa shape index (κ3) is 3.78. The summed E-state index contributed by atoms with van der Waals surface area (Å²) < 4.78 is 14.7. The van der Waals surface area contributed by atoms with Gasteiger partial charge in [0.05, 0.1) is 0 Å². The van der Waals surface area contributed by atoms with E-state index < -0.39 is 6.04 Å². The fourth-order valence-electron chi connectivity index (χ4n) is 2.33. The van der Waals surface area contributed by atoms with E-state index in [4.69, 9.17) is 0 Å². The summed E-state index contributed by atoms with van der Waals surface area (Å²) in [5.74, 6) is -0.00158. The smallest absolute Gasteiger partial charge is 0.251 e. The molecule has 1 aromatic heterocycles. The molecule has 0 saturated heterocycles. The number of halogens is 1. The summed E-state index contributed by atoms with van der Waals surface area (Å²) >= 11 is 0. The first-order valence-corrected chi connectivity index (χ1v) is 7.49. The van der Waals surface area contributed by atoms with E-state index in [0.717, 1.165) is 5.56 Å². The number of aromatic nitrogens is 2. The molecule has 0 aliphatic carbocycles. The molecule has 3 rings (SSSR count). The van der Waals surface area contributed by atoms with Crippen LogP contribution in [0.1, 0.15) is 11.6 Å². The Morgan fingerprint density at radius 3 is 2.42 bits per heavy atom. The Hall–Kier alpha value is -3.15. The zero-order valence-corrected chi connectivity index (χ0v) is 13.1. The molecular weight excluding hydrogens is 307 g/mol. The summed E-state index contributed by atoms with van der Waals surface area (Å²) in [6.07, 6.45) is 1.79. The third-order valence-electron chi connectivity index (χ3n) is 3.51. The normalized spacial score (nSPS) is 11.8. The van der Waals surface area contributed by atoms with Gasteiger partial charge in [-0.3, -0.25) is 9.48 Å². The molecule has 1 atom stereocenters. The molecule has 5 nitrogen and oxygen atoms in total. The highest BCUT2D eigenvalue weighted by molar-refractivity contribution is 5.97. The topological polar surface area (TPSA) is 59.0 Å². The fourth-order valence-corrected chi connectivity index (χ4v) is 2.33. The molecule has 0 spiro atoms. The quantitative estimate of drug-likeness (QED) is 0.757. The van der Waals surface area contributed by atoms with Crippen molar-refractivity contribution in [3.63, 3.8) is 0 Å². The molecule has 0 radical (unpaired) electrons. The van der Waals surface area contributed by atoms with Gasteiger partial charge in [0.25, 0.3) is 5.91 Å². The van der Waals surface area contributed by atoms with Crippen LogP contribution in [0.4, 0.5) is 15.9 Å². The number of anilines is 2. The van der Waals surface area contributed by atoms with E-state index >= 15 is 0 Å². The van der Waals surface area contributed by atoms with E-state index in [-0.39, 0.29) is 11.7 Å². The fraction of sp³-hybridized carbons (Fsp3) is 0.111. The average Bonchev–Trinajstić information content (AvgIpc) is 3.00. The lowest BCUT2D eigenvalue weighted by Crippen LogP contribution is -2.27. The Labute approximate surface area is 139 Å². The van der Waals surface area contributed by atoms with Crippen LogP contribution in [0, 0.1) is 5.82 Å². The van der Waals surface area contributed by atoms with Crippen molar-refractivity contribution in [1.82, 2.24) is 9.78 Å². The second-order valence-electron chi connectivity index (χ2n) is 5.36. The summed E-state index contributed by atoms with van der Waals surface area (Å²) in [5.41, 5.74) is 1.34. The number of nitrogens with zero attached hydrogens (tertiary/aromatic N) is 2. The molecule has 1 unspecified atom stereocenters. The molecule has 0 aliphatic heterocycles. The predicted molar refractivity (Wildman–Crippen MR) is 91.0 cm³/mol. The highest BCUT2D eigenvalue weighted by Gasteiger charge is 2.21. The van der Waals surface area contributed by atoms with Gasteiger partial charge in [-0.25, -0.2) is 4.39 Å². The maximum Gasteiger partial charge on any atom is 0.251 e. The molecule has 2 N–H and O–H groups in total. The van der Waals surface area contributed by atoms with E-state index in [1.54, 1.807) is 24.0 Å². The van der Waals surface area contributed by atoms with Crippen molar-refractivity contribution >= 4 is 17.4 Å². The molecule has 122 valence electrons. The van der Waals surface area contributed by atoms with Gasteiger partial charge in [-0.1, -0.05) is 30.3 Å². The summed E-state index contributed by atoms with van der Waals surface area (Å²) in [7, 11) is 1.81. The van der Waals surface area contributed by atoms with Gasteiger partial charge in [-0.15, -0.1) is 0 Å². The van der Waals surface area contributed by atoms with Crippen LogP contribution in [0.2, 0.25) is 0 Å². The molecule has 6 heteroatoms. The number of nitrogens with one attached hydrogen (secondary N) is 2. The number of rotatable bonds is 5. The molecule has 0 saturated carbocycles. The minimum atomic E-state index is -0.619. The zero-order chi connectivity index (χ0) is 16.9. The Kier molecular flexibility index (Phi) is 4.56. The van der Waals surface area contributed by atoms with Crippen molar-refractivity contribution in [2.45, 2.75) is 6.04 Å². The van der Waals surface area contributed by atoms with Crippen LogP contribution in [0.25, 0.3) is 0 Å². The molecule has 2 aromatic carbocycles. The second kappa shape index (κ2) is 6.95. The standard InChI is InChI=1S/C18H17FN4O/c1-23-12-11-16(22-23)21-17(13-5-3-2-4-6-13)18(24)20-15-9-7-14(19)8-10-15/h2-12,17H,1H3,(H,20,24)(H,21,22). The van der Waals surface area contributed by atoms with Gasteiger partial charge >= 0.3 is 0 Å². The number of benzene rings is 2. The summed E-state index contributed by atoms with van der Waals surface area (Å²) in [6.45, 7) is 0. The van der Waals surface area contributed by atoms with Crippen molar-refractivity contribution in [3.05, 3.63) is 78.2 Å². The van der Waals surface area contributed by atoms with E-state index in [9.17, 15) is 9.18 Å². The van der Waals surface area contributed by atoms with Crippen LogP contribution in [0.5, 0.6) is 0 Å². The maximum atomic E-state index is 13.0. The highest BCUT2D eigenvalue weighted by Crippen LogP contribution is 2.20. The Morgan fingerprint density at radius 2 is 1.79 bits per heavy atom. The predicted octanol–water partition coefficient (Wildman–Crippen LogP) is 3.35. The lowest BCUT2D eigenvalue weighted by Gasteiger charge is -2.18. The number of hydrogen-bond acceptors (Lipinski definition) is 3. The SMILES string of the molecule is Cn1ccc(NC(C(=O)Nc2ccc(F)cc2)c2ccccc2)n1. The maximum absolute atomic E-state index is 13.0. The average molecular weight is 324 g/mol. The minimum absolute atomic E-state index is 0.251. The zero-order valence-electron chi connectivity index (χ0n) is 13.1. The van der Waals surface area contributed by atoms with Crippen LogP contribution in [0.3, 0.4) is 0 Å². The second-order valence-corrected chi connectivity index (χ2v) is 5.36. The van der Waals surface area contributed by atoms with Crippen molar-refractivity contribution in [2.75, 3.05) is 10.6 Å². The molecule has 3 aromatic rings. The number of hydrogen-bond donors (Lipinski definition) is 2. The molecule has 0 fully saturated rings. The lowest BCUT2D eigenvalue weighted by molar-refractivity contribution is -0.117. The first kappa shape index (κ1) is 15.7. The summed E-state index contributed by atoms with van der Waals surface area (Å²) in [4.78, 5) is 12.7. The molecule has 1 heterocycles. The number of amides is 1. The van der Waals surface area contributed by atoms with E-state index in [2.05, 4.69) is 15.7 Å². The monoisotopic (exact) mass is 324 g/mol. The first-order chi connectivity index (χ1) is 11.6. The van der Waals surface area contributed by atoms with E-state index in [1.165, 1.54) is 24.3 Å². The molecule has 1 amide bonds. The van der Waals surface area contributed by atoms with Gasteiger partial charge in [0.15, 0.2) is 0 Å². The van der Waals surface area contributed by atoms with Crippen LogP contribution in [0.15, 0.2) is 66.9 Å². The number of carbonyl (C=O) groups is 1. The Morgan fingerprint density at radius 1 is 1.08 bits per heavy atom. The Balaban J connectivity index is 1.83. The molecule has 24 heavy (non-hydrogen) atoms. The van der Waals surface area contributed by atoms with Crippen molar-refractivity contribution in [1.29, 1.82) is 0 Å². The third-order valence-corrected chi connectivity index (χ3v) is 3.51. The molecular formula is C18H17FN4O.